The van der Waals surface area contributed by atoms with E-state index in [1.807, 2.05) is 24.3 Å². The molecule has 0 spiro atoms. The molecule has 2 aromatic carbocycles. The van der Waals surface area contributed by atoms with E-state index in [-0.39, 0.29) is 41.6 Å². The number of nitrogens with zero attached hydrogens (tertiary/aromatic N) is 2. The zero-order valence-corrected chi connectivity index (χ0v) is 25.0. The average molecular weight is 593 g/mol. The number of rotatable bonds is 5. The number of allylic oxidation sites excluding steroid dienone is 6. The lowest BCUT2D eigenvalue weighted by Crippen LogP contribution is -2.47. The first-order chi connectivity index (χ1) is 21.3. The Balaban J connectivity index is 1.21. The Morgan fingerprint density at radius 2 is 1.68 bits per heavy atom. The Morgan fingerprint density at radius 1 is 0.932 bits per heavy atom. The molecule has 4 unspecified atom stereocenters. The van der Waals surface area contributed by atoms with Crippen LogP contribution in [-0.4, -0.2) is 64.5 Å². The van der Waals surface area contributed by atoms with E-state index in [1.165, 1.54) is 23.6 Å². The van der Waals surface area contributed by atoms with E-state index < -0.39 is 23.7 Å². The molecule has 2 aromatic rings. The molecule has 7 rings (SSSR count). The van der Waals surface area contributed by atoms with Gasteiger partial charge in [-0.1, -0.05) is 48.0 Å². The number of likely N-dealkylation sites (tertiary alicyclic amines) is 2. The number of amides is 2. The summed E-state index contributed by atoms with van der Waals surface area (Å²) in [7, 11) is 1.50. The van der Waals surface area contributed by atoms with Crippen LogP contribution in [0.4, 0.5) is 0 Å². The van der Waals surface area contributed by atoms with Gasteiger partial charge in [0.25, 0.3) is 0 Å². The Bertz CT molecular complexity index is 1660. The molecule has 0 radical (unpaired) electrons. The van der Waals surface area contributed by atoms with Crippen LogP contribution in [0.5, 0.6) is 11.5 Å². The third-order valence-electron chi connectivity index (χ3n) is 10.3. The molecule has 3 aliphatic carbocycles. The fraction of sp³-hybridized carbons (Fsp3) is 0.389. The number of carbonyl (C=O) groups is 4. The normalized spacial score (nSPS) is 27.5. The zero-order chi connectivity index (χ0) is 30.7. The van der Waals surface area contributed by atoms with Crippen LogP contribution < -0.4 is 4.74 Å². The maximum Gasteiger partial charge on any atom is 0.233 e. The lowest BCUT2D eigenvalue weighted by atomic mass is 9.59. The molecule has 2 amide bonds. The lowest BCUT2D eigenvalue weighted by molar-refractivity contribution is -0.144. The second-order valence-corrected chi connectivity index (χ2v) is 12.7. The summed E-state index contributed by atoms with van der Waals surface area (Å²) < 4.78 is 5.64. The van der Waals surface area contributed by atoms with Crippen LogP contribution in [0.15, 0.2) is 83.0 Å². The van der Waals surface area contributed by atoms with Gasteiger partial charge in [-0.05, 0) is 62.3 Å². The van der Waals surface area contributed by atoms with E-state index in [0.717, 1.165) is 38.0 Å². The third-order valence-corrected chi connectivity index (χ3v) is 10.3. The van der Waals surface area contributed by atoms with Crippen molar-refractivity contribution in [3.05, 3.63) is 94.1 Å². The number of hydrogen-bond acceptors (Lipinski definition) is 7. The van der Waals surface area contributed by atoms with Gasteiger partial charge in [-0.3, -0.25) is 29.0 Å². The van der Waals surface area contributed by atoms with Gasteiger partial charge < -0.3 is 9.84 Å². The third kappa shape index (κ3) is 4.46. The standard InChI is InChI=1S/C36H36N2O6/c1-20-17-28(40)26-18-25-23(31(32(26)34(20)41)33-27(39)9-6-10-29(33)44-2)11-12-24-30(25)36(43)38(35(24)42)22-13-15-37(16-14-22)19-21-7-4-3-5-8-21/h3-11,17,22,24-25,30-31,39H,12-16,18-19H2,1-2H3. The topological polar surface area (TPSA) is 104 Å². The summed E-state index contributed by atoms with van der Waals surface area (Å²) in [6, 6.07) is 15.1. The molecule has 226 valence electrons. The number of benzene rings is 2. The number of piperidine rings is 1. The first kappa shape index (κ1) is 28.5. The minimum absolute atomic E-state index is 0.0463. The number of aromatic hydroxyl groups is 1. The van der Waals surface area contributed by atoms with Gasteiger partial charge in [-0.15, -0.1) is 0 Å². The van der Waals surface area contributed by atoms with Gasteiger partial charge in [0, 0.05) is 53.9 Å². The number of phenols is 1. The van der Waals surface area contributed by atoms with Crippen molar-refractivity contribution in [2.24, 2.45) is 17.8 Å². The number of fused-ring (bicyclic) bond motifs is 3. The van der Waals surface area contributed by atoms with Gasteiger partial charge in [0.1, 0.15) is 11.5 Å². The van der Waals surface area contributed by atoms with E-state index >= 15 is 0 Å². The molecule has 0 aromatic heterocycles. The molecular weight excluding hydrogens is 556 g/mol. The van der Waals surface area contributed by atoms with E-state index in [4.69, 9.17) is 4.74 Å². The van der Waals surface area contributed by atoms with Crippen molar-refractivity contribution in [2.75, 3.05) is 20.2 Å². The predicted octanol–water partition coefficient (Wildman–Crippen LogP) is 4.49. The molecular formula is C36H36N2O6. The van der Waals surface area contributed by atoms with Crippen LogP contribution in [-0.2, 0) is 25.7 Å². The minimum atomic E-state index is -0.751. The maximum atomic E-state index is 14.3. The van der Waals surface area contributed by atoms with Crippen LogP contribution in [0.3, 0.4) is 0 Å². The second kappa shape index (κ2) is 11.0. The highest BCUT2D eigenvalue weighted by Crippen LogP contribution is 2.57. The molecule has 44 heavy (non-hydrogen) atoms. The highest BCUT2D eigenvalue weighted by atomic mass is 16.5. The number of ketones is 2. The van der Waals surface area contributed by atoms with E-state index in [1.54, 1.807) is 25.1 Å². The molecule has 2 saturated heterocycles. The summed E-state index contributed by atoms with van der Waals surface area (Å²) in [5.41, 5.74) is 3.51. The van der Waals surface area contributed by atoms with Crippen molar-refractivity contribution in [1.29, 1.82) is 0 Å². The molecule has 0 bridgehead atoms. The molecule has 1 N–H and O–H groups in total. The first-order valence-corrected chi connectivity index (χ1v) is 15.5. The Labute approximate surface area is 256 Å². The Hall–Kier alpha value is -4.30. The maximum absolute atomic E-state index is 14.3. The number of methoxy groups -OCH3 is 1. The summed E-state index contributed by atoms with van der Waals surface area (Å²) in [4.78, 5) is 59.2. The molecule has 8 nitrogen and oxygen atoms in total. The monoisotopic (exact) mass is 592 g/mol. The minimum Gasteiger partial charge on any atom is -0.507 e. The van der Waals surface area contributed by atoms with Gasteiger partial charge in [0.15, 0.2) is 11.6 Å². The number of phenolic OH excluding ortho intramolecular Hbond substituents is 1. The van der Waals surface area contributed by atoms with E-state index in [2.05, 4.69) is 17.0 Å². The van der Waals surface area contributed by atoms with Crippen molar-refractivity contribution in [2.45, 2.75) is 51.1 Å². The molecule has 8 heteroatoms. The number of carbonyl (C=O) groups excluding carboxylic acids is 4. The van der Waals surface area contributed by atoms with Crippen LogP contribution in [0.1, 0.15) is 49.7 Å². The van der Waals surface area contributed by atoms with Crippen molar-refractivity contribution in [3.63, 3.8) is 0 Å². The first-order valence-electron chi connectivity index (χ1n) is 15.5. The van der Waals surface area contributed by atoms with Crippen molar-refractivity contribution in [3.8, 4) is 11.5 Å². The summed E-state index contributed by atoms with van der Waals surface area (Å²) in [5.74, 6) is -2.76. The number of imide groups is 1. The predicted molar refractivity (Wildman–Crippen MR) is 163 cm³/mol. The van der Waals surface area contributed by atoms with Crippen LogP contribution in [0.2, 0.25) is 0 Å². The van der Waals surface area contributed by atoms with Crippen molar-refractivity contribution >= 4 is 23.4 Å². The fourth-order valence-electron chi connectivity index (χ4n) is 8.25. The summed E-state index contributed by atoms with van der Waals surface area (Å²) in [6.45, 7) is 4.06. The van der Waals surface area contributed by atoms with E-state index in [0.29, 0.717) is 34.5 Å². The fourth-order valence-corrected chi connectivity index (χ4v) is 8.25. The molecule has 2 heterocycles. The van der Waals surface area contributed by atoms with Gasteiger partial charge in [-0.2, -0.15) is 0 Å². The van der Waals surface area contributed by atoms with Gasteiger partial charge in [-0.25, -0.2) is 0 Å². The summed E-state index contributed by atoms with van der Waals surface area (Å²) >= 11 is 0. The summed E-state index contributed by atoms with van der Waals surface area (Å²) in [6.07, 6.45) is 5.38. The SMILES string of the molecule is COc1cccc(O)c1C1C2=CCC3C(=O)N(C4CCN(Cc5ccccc5)CC4)C(=O)C3C2CC2=C1C(=O)C(C)=CC2=O. The highest BCUT2D eigenvalue weighted by molar-refractivity contribution is 6.24. The lowest BCUT2D eigenvalue weighted by Gasteiger charge is -2.42. The number of hydrogen-bond donors (Lipinski definition) is 1. The molecule has 0 saturated carbocycles. The second-order valence-electron chi connectivity index (χ2n) is 12.7. The number of Topliss-reactive ketones (excluding diaryl/α,β-unsaturated/α-hetero) is 1. The summed E-state index contributed by atoms with van der Waals surface area (Å²) in [5, 5.41) is 11.1. The zero-order valence-electron chi connectivity index (χ0n) is 25.0. The van der Waals surface area contributed by atoms with E-state index in [9.17, 15) is 24.3 Å². The van der Waals surface area contributed by atoms with Crippen molar-refractivity contribution < 1.29 is 29.0 Å². The van der Waals surface area contributed by atoms with Gasteiger partial charge in [0.05, 0.1) is 18.9 Å². The van der Waals surface area contributed by atoms with Crippen LogP contribution in [0.25, 0.3) is 0 Å². The Kier molecular flexibility index (Phi) is 7.12. The van der Waals surface area contributed by atoms with Crippen LogP contribution >= 0.6 is 0 Å². The highest BCUT2D eigenvalue weighted by Gasteiger charge is 2.58. The number of ether oxygens (including phenoxy) is 1. The van der Waals surface area contributed by atoms with Gasteiger partial charge in [0.2, 0.25) is 11.8 Å². The average Bonchev–Trinajstić information content (AvgIpc) is 3.29. The Morgan fingerprint density at radius 3 is 2.41 bits per heavy atom. The molecule has 2 fully saturated rings. The largest absolute Gasteiger partial charge is 0.507 e. The molecule has 2 aliphatic heterocycles. The van der Waals surface area contributed by atoms with Crippen molar-refractivity contribution in [1.82, 2.24) is 9.80 Å². The molecule has 5 aliphatic rings. The quantitative estimate of drug-likeness (QED) is 0.310. The van der Waals surface area contributed by atoms with Gasteiger partial charge >= 0.3 is 0 Å². The van der Waals surface area contributed by atoms with Crippen LogP contribution in [0, 0.1) is 17.8 Å². The smallest absolute Gasteiger partial charge is 0.233 e. The molecule has 4 atom stereocenters.